The molecule has 7 heteroatoms. The molecule has 2 rings (SSSR count). The molecule has 0 spiro atoms. The molecule has 0 amide bonds. The van der Waals surface area contributed by atoms with Crippen LogP contribution in [0, 0.1) is 6.92 Å². The molecule has 20 heavy (non-hydrogen) atoms. The maximum absolute atomic E-state index is 12.5. The van der Waals surface area contributed by atoms with Crippen molar-refractivity contribution in [2.45, 2.75) is 43.0 Å². The molecule has 0 atom stereocenters. The van der Waals surface area contributed by atoms with Gasteiger partial charge in [0.15, 0.2) is 5.84 Å². The Morgan fingerprint density at radius 3 is 2.50 bits per heavy atom. The zero-order valence-electron chi connectivity index (χ0n) is 11.3. The van der Waals surface area contributed by atoms with Crippen LogP contribution in [0.15, 0.2) is 34.3 Å². The van der Waals surface area contributed by atoms with Crippen molar-refractivity contribution < 1.29 is 13.6 Å². The van der Waals surface area contributed by atoms with E-state index in [9.17, 15) is 8.42 Å². The van der Waals surface area contributed by atoms with Crippen LogP contribution < -0.4 is 10.5 Å². The smallest absolute Gasteiger partial charge is 0.241 e. The number of nitrogens with two attached hydrogens (primary N) is 1. The fourth-order valence-corrected chi connectivity index (χ4v) is 4.34. The summed E-state index contributed by atoms with van der Waals surface area (Å²) in [6.07, 6.45) is 2.75. The van der Waals surface area contributed by atoms with E-state index in [-0.39, 0.29) is 10.7 Å². The zero-order valence-corrected chi connectivity index (χ0v) is 12.2. The number of hydrogen-bond donors (Lipinski definition) is 3. The standard InChI is InChI=1S/C13H19N3O3S/c1-10-6-2-3-7-11(10)20(18,19)16-13(12(14)15-17)8-4-5-9-13/h2-3,6-7,16-17H,4-5,8-9H2,1H3,(H2,14,15). The first-order chi connectivity index (χ1) is 9.41. The number of oxime groups is 1. The molecule has 0 aromatic heterocycles. The normalized spacial score (nSPS) is 19.1. The molecule has 110 valence electrons. The molecule has 1 aliphatic carbocycles. The minimum absolute atomic E-state index is 0.0767. The third-order valence-corrected chi connectivity index (χ3v) is 5.46. The lowest BCUT2D eigenvalue weighted by molar-refractivity contribution is 0.309. The number of hydrogen-bond acceptors (Lipinski definition) is 4. The van der Waals surface area contributed by atoms with E-state index >= 15 is 0 Å². The third kappa shape index (κ3) is 2.64. The Hall–Kier alpha value is -1.60. The number of benzene rings is 1. The van der Waals surface area contributed by atoms with Gasteiger partial charge in [-0.15, -0.1) is 0 Å². The van der Waals surface area contributed by atoms with E-state index in [4.69, 9.17) is 10.9 Å². The topological polar surface area (TPSA) is 105 Å². The molecular formula is C13H19N3O3S. The summed E-state index contributed by atoms with van der Waals surface area (Å²) in [6, 6.07) is 6.74. The lowest BCUT2D eigenvalue weighted by Crippen LogP contribution is -2.55. The first-order valence-corrected chi connectivity index (χ1v) is 7.97. The van der Waals surface area contributed by atoms with Crippen LogP contribution in [0.25, 0.3) is 0 Å². The van der Waals surface area contributed by atoms with Crippen LogP contribution in [-0.4, -0.2) is 25.0 Å². The van der Waals surface area contributed by atoms with Gasteiger partial charge in [-0.05, 0) is 31.4 Å². The van der Waals surface area contributed by atoms with Gasteiger partial charge in [-0.1, -0.05) is 36.2 Å². The largest absolute Gasteiger partial charge is 0.409 e. The summed E-state index contributed by atoms with van der Waals surface area (Å²) in [6.45, 7) is 1.74. The minimum atomic E-state index is -3.71. The average Bonchev–Trinajstić information content (AvgIpc) is 2.87. The Morgan fingerprint density at radius 1 is 1.35 bits per heavy atom. The molecule has 0 unspecified atom stereocenters. The Kier molecular flexibility index (Phi) is 4.01. The highest BCUT2D eigenvalue weighted by atomic mass is 32.2. The molecular weight excluding hydrogens is 278 g/mol. The predicted octanol–water partition coefficient (Wildman–Crippen LogP) is 1.33. The second-order valence-corrected chi connectivity index (χ2v) is 6.80. The number of nitrogens with zero attached hydrogens (tertiary/aromatic N) is 1. The molecule has 0 aliphatic heterocycles. The number of sulfonamides is 1. The second kappa shape index (κ2) is 5.41. The van der Waals surface area contributed by atoms with E-state index in [0.717, 1.165) is 12.8 Å². The van der Waals surface area contributed by atoms with Crippen molar-refractivity contribution in [3.05, 3.63) is 29.8 Å². The van der Waals surface area contributed by atoms with E-state index in [0.29, 0.717) is 18.4 Å². The van der Waals surface area contributed by atoms with Crippen molar-refractivity contribution >= 4 is 15.9 Å². The lowest BCUT2D eigenvalue weighted by atomic mass is 9.98. The van der Waals surface area contributed by atoms with Crippen LogP contribution in [0.4, 0.5) is 0 Å². The Balaban J connectivity index is 2.39. The van der Waals surface area contributed by atoms with Gasteiger partial charge in [-0.2, -0.15) is 4.72 Å². The molecule has 0 bridgehead atoms. The van der Waals surface area contributed by atoms with E-state index < -0.39 is 15.6 Å². The molecule has 1 aromatic carbocycles. The highest BCUT2D eigenvalue weighted by Crippen LogP contribution is 2.32. The Bertz CT molecular complexity index is 620. The van der Waals surface area contributed by atoms with Crippen LogP contribution in [0.1, 0.15) is 31.2 Å². The SMILES string of the molecule is Cc1ccccc1S(=O)(=O)NC1(C(N)=NO)CCCC1. The molecule has 1 fully saturated rings. The number of rotatable bonds is 4. The number of aryl methyl sites for hydroxylation is 1. The summed E-state index contributed by atoms with van der Waals surface area (Å²) < 4.78 is 27.7. The van der Waals surface area contributed by atoms with E-state index in [2.05, 4.69) is 9.88 Å². The summed E-state index contributed by atoms with van der Waals surface area (Å²) in [5, 5.41) is 11.9. The molecule has 4 N–H and O–H groups in total. The van der Waals surface area contributed by atoms with Crippen molar-refractivity contribution in [1.29, 1.82) is 0 Å². The van der Waals surface area contributed by atoms with Crippen molar-refractivity contribution in [2.75, 3.05) is 0 Å². The second-order valence-electron chi connectivity index (χ2n) is 5.15. The van der Waals surface area contributed by atoms with E-state index in [1.165, 1.54) is 0 Å². The highest BCUT2D eigenvalue weighted by Gasteiger charge is 2.42. The Morgan fingerprint density at radius 2 is 1.95 bits per heavy atom. The summed E-state index contributed by atoms with van der Waals surface area (Å²) >= 11 is 0. The highest BCUT2D eigenvalue weighted by molar-refractivity contribution is 7.89. The summed E-state index contributed by atoms with van der Waals surface area (Å²) in [4.78, 5) is 0.219. The van der Waals surface area contributed by atoms with Gasteiger partial charge in [-0.25, -0.2) is 8.42 Å². The van der Waals surface area contributed by atoms with Crippen LogP contribution in [0.3, 0.4) is 0 Å². The van der Waals surface area contributed by atoms with Crippen molar-refractivity contribution in [3.8, 4) is 0 Å². The predicted molar refractivity (Wildman–Crippen MR) is 76.1 cm³/mol. The molecule has 0 heterocycles. The lowest BCUT2D eigenvalue weighted by Gasteiger charge is -2.28. The fraction of sp³-hybridized carbons (Fsp3) is 0.462. The van der Waals surface area contributed by atoms with Gasteiger partial charge in [0.05, 0.1) is 10.4 Å². The summed E-state index contributed by atoms with van der Waals surface area (Å²) in [5.41, 5.74) is 5.39. The number of amidine groups is 1. The van der Waals surface area contributed by atoms with Crippen LogP contribution in [0.2, 0.25) is 0 Å². The summed E-state index contributed by atoms with van der Waals surface area (Å²) in [5.74, 6) is -0.0767. The van der Waals surface area contributed by atoms with E-state index in [1.807, 2.05) is 0 Å². The van der Waals surface area contributed by atoms with Gasteiger partial charge in [0.25, 0.3) is 0 Å². The van der Waals surface area contributed by atoms with Gasteiger partial charge >= 0.3 is 0 Å². The molecule has 1 saturated carbocycles. The van der Waals surface area contributed by atoms with Gasteiger partial charge in [0, 0.05) is 0 Å². The van der Waals surface area contributed by atoms with Crippen LogP contribution in [0.5, 0.6) is 0 Å². The molecule has 6 nitrogen and oxygen atoms in total. The maximum atomic E-state index is 12.5. The van der Waals surface area contributed by atoms with Crippen molar-refractivity contribution in [1.82, 2.24) is 4.72 Å². The minimum Gasteiger partial charge on any atom is -0.409 e. The monoisotopic (exact) mass is 297 g/mol. The molecule has 1 aliphatic rings. The van der Waals surface area contributed by atoms with Gasteiger partial charge < -0.3 is 10.9 Å². The van der Waals surface area contributed by atoms with Crippen LogP contribution >= 0.6 is 0 Å². The number of nitrogens with one attached hydrogen (secondary N) is 1. The molecule has 0 radical (unpaired) electrons. The zero-order chi connectivity index (χ0) is 14.8. The van der Waals surface area contributed by atoms with E-state index in [1.54, 1.807) is 31.2 Å². The maximum Gasteiger partial charge on any atom is 0.241 e. The molecule has 1 aromatic rings. The first-order valence-electron chi connectivity index (χ1n) is 6.49. The van der Waals surface area contributed by atoms with Crippen LogP contribution in [-0.2, 0) is 10.0 Å². The van der Waals surface area contributed by atoms with Crippen molar-refractivity contribution in [2.24, 2.45) is 10.9 Å². The van der Waals surface area contributed by atoms with Crippen molar-refractivity contribution in [3.63, 3.8) is 0 Å². The first kappa shape index (κ1) is 14.8. The fourth-order valence-electron chi connectivity index (χ4n) is 2.65. The van der Waals surface area contributed by atoms with Gasteiger partial charge in [-0.3, -0.25) is 0 Å². The molecule has 0 saturated heterocycles. The Labute approximate surface area is 118 Å². The van der Waals surface area contributed by atoms with Gasteiger partial charge in [0.2, 0.25) is 10.0 Å². The summed E-state index contributed by atoms with van der Waals surface area (Å²) in [7, 11) is -3.71. The quantitative estimate of drug-likeness (QED) is 0.337. The van der Waals surface area contributed by atoms with Gasteiger partial charge in [0.1, 0.15) is 0 Å². The average molecular weight is 297 g/mol. The third-order valence-electron chi connectivity index (χ3n) is 3.77.